The molecule has 0 aliphatic carbocycles. The fraction of sp³-hybridized carbons (Fsp3) is 0.688. The van der Waals surface area contributed by atoms with Gasteiger partial charge in [-0.3, -0.25) is 0 Å². The summed E-state index contributed by atoms with van der Waals surface area (Å²) < 4.78 is 6.32. The number of piperidine rings is 1. The summed E-state index contributed by atoms with van der Waals surface area (Å²) in [5.74, 6) is 1.82. The quantitative estimate of drug-likeness (QED) is 0.849. The largest absolute Gasteiger partial charge is 0.384 e. The fourth-order valence-electron chi connectivity index (χ4n) is 2.75. The Kier molecular flexibility index (Phi) is 6.45. The molecule has 1 aliphatic heterocycles. The van der Waals surface area contributed by atoms with E-state index in [0.717, 1.165) is 36.5 Å². The molecule has 1 aliphatic rings. The maximum Gasteiger partial charge on any atom is 0.133 e. The highest BCUT2D eigenvalue weighted by Crippen LogP contribution is 2.26. The summed E-state index contributed by atoms with van der Waals surface area (Å²) in [5, 5.41) is 3.49. The first-order valence-electron chi connectivity index (χ1n) is 7.72. The summed E-state index contributed by atoms with van der Waals surface area (Å²) in [7, 11) is 1.79. The number of nitrogens with zero attached hydrogens (tertiary/aromatic N) is 2. The Morgan fingerprint density at radius 3 is 2.76 bits per heavy atom. The molecule has 0 unspecified atom stereocenters. The van der Waals surface area contributed by atoms with Crippen molar-refractivity contribution in [1.82, 2.24) is 10.3 Å². The first kappa shape index (κ1) is 16.7. The van der Waals surface area contributed by atoms with Crippen molar-refractivity contribution in [1.29, 1.82) is 0 Å². The number of nitrogens with one attached hydrogen (secondary N) is 1. The predicted octanol–water partition coefficient (Wildman–Crippen LogP) is 3.20. The van der Waals surface area contributed by atoms with Crippen LogP contribution in [0, 0.1) is 5.92 Å². The van der Waals surface area contributed by atoms with Crippen molar-refractivity contribution in [3.05, 3.63) is 22.3 Å². The summed E-state index contributed by atoms with van der Waals surface area (Å²) in [4.78, 5) is 7.07. The van der Waals surface area contributed by atoms with Crippen LogP contribution >= 0.6 is 15.9 Å². The third-order valence-electron chi connectivity index (χ3n) is 3.93. The Balaban J connectivity index is 2.05. The van der Waals surface area contributed by atoms with Gasteiger partial charge in [-0.25, -0.2) is 4.98 Å². The summed E-state index contributed by atoms with van der Waals surface area (Å²) >= 11 is 3.53. The second-order valence-corrected chi connectivity index (χ2v) is 6.97. The molecule has 4 nitrogen and oxygen atoms in total. The van der Waals surface area contributed by atoms with Gasteiger partial charge in [0, 0.05) is 55.6 Å². The lowest BCUT2D eigenvalue weighted by Crippen LogP contribution is -2.36. The van der Waals surface area contributed by atoms with E-state index < -0.39 is 0 Å². The van der Waals surface area contributed by atoms with Gasteiger partial charge < -0.3 is 15.0 Å². The van der Waals surface area contributed by atoms with Crippen LogP contribution in [0.15, 0.2) is 16.7 Å². The van der Waals surface area contributed by atoms with Crippen molar-refractivity contribution in [2.75, 3.05) is 31.7 Å². The third-order valence-corrected chi connectivity index (χ3v) is 4.36. The maximum absolute atomic E-state index is 5.28. The third kappa shape index (κ3) is 4.94. The van der Waals surface area contributed by atoms with Gasteiger partial charge in [0.25, 0.3) is 0 Å². The minimum atomic E-state index is 0.476. The number of hydrogen-bond acceptors (Lipinski definition) is 4. The Morgan fingerprint density at radius 1 is 1.43 bits per heavy atom. The molecule has 1 aromatic rings. The van der Waals surface area contributed by atoms with E-state index in [1.165, 1.54) is 18.4 Å². The van der Waals surface area contributed by atoms with E-state index >= 15 is 0 Å². The van der Waals surface area contributed by atoms with Gasteiger partial charge >= 0.3 is 0 Å². The Morgan fingerprint density at radius 2 is 2.14 bits per heavy atom. The number of aromatic nitrogens is 1. The molecule has 118 valence electrons. The average molecular weight is 356 g/mol. The van der Waals surface area contributed by atoms with E-state index in [1.54, 1.807) is 7.11 Å². The number of pyridine rings is 1. The summed E-state index contributed by atoms with van der Waals surface area (Å²) in [6.07, 6.45) is 4.26. The zero-order chi connectivity index (χ0) is 15.2. The molecular formula is C16H26BrN3O. The second kappa shape index (κ2) is 8.11. The molecule has 2 rings (SSSR count). The lowest BCUT2D eigenvalue weighted by Gasteiger charge is -2.33. The van der Waals surface area contributed by atoms with Gasteiger partial charge in [0.1, 0.15) is 5.82 Å². The lowest BCUT2D eigenvalue weighted by atomic mass is 9.97. The molecule has 2 heterocycles. The highest BCUT2D eigenvalue weighted by Gasteiger charge is 2.22. The molecule has 0 aromatic carbocycles. The SMILES string of the molecule is COCC1CCN(c2ncc(Br)cc2CNC(C)C)CC1. The van der Waals surface area contributed by atoms with Crippen molar-refractivity contribution >= 4 is 21.7 Å². The molecule has 0 bridgehead atoms. The Labute approximate surface area is 136 Å². The van der Waals surface area contributed by atoms with Crippen LogP contribution < -0.4 is 10.2 Å². The van der Waals surface area contributed by atoms with E-state index in [0.29, 0.717) is 12.0 Å². The number of methoxy groups -OCH3 is 1. The molecule has 0 saturated carbocycles. The molecule has 0 atom stereocenters. The van der Waals surface area contributed by atoms with Crippen LogP contribution in [-0.4, -0.2) is 37.8 Å². The molecule has 1 fully saturated rings. The van der Waals surface area contributed by atoms with Gasteiger partial charge in [0.2, 0.25) is 0 Å². The van der Waals surface area contributed by atoms with Crippen molar-refractivity contribution in [3.8, 4) is 0 Å². The fourth-order valence-corrected chi connectivity index (χ4v) is 3.13. The zero-order valence-corrected chi connectivity index (χ0v) is 14.8. The van der Waals surface area contributed by atoms with Gasteiger partial charge in [-0.05, 0) is 40.8 Å². The Bertz CT molecular complexity index is 445. The molecule has 0 spiro atoms. The van der Waals surface area contributed by atoms with E-state index in [9.17, 15) is 0 Å². The smallest absolute Gasteiger partial charge is 0.133 e. The monoisotopic (exact) mass is 355 g/mol. The first-order chi connectivity index (χ1) is 10.1. The summed E-state index contributed by atoms with van der Waals surface area (Å²) in [6.45, 7) is 8.21. The average Bonchev–Trinajstić information content (AvgIpc) is 2.46. The minimum Gasteiger partial charge on any atom is -0.384 e. The van der Waals surface area contributed by atoms with Crippen LogP contribution in [0.4, 0.5) is 5.82 Å². The molecule has 21 heavy (non-hydrogen) atoms. The molecule has 1 saturated heterocycles. The van der Waals surface area contributed by atoms with Gasteiger partial charge in [0.05, 0.1) is 0 Å². The molecule has 0 radical (unpaired) electrons. The second-order valence-electron chi connectivity index (χ2n) is 6.06. The van der Waals surface area contributed by atoms with Crippen LogP contribution in [-0.2, 0) is 11.3 Å². The van der Waals surface area contributed by atoms with Gasteiger partial charge in [-0.2, -0.15) is 0 Å². The van der Waals surface area contributed by atoms with Crippen LogP contribution in [0.25, 0.3) is 0 Å². The van der Waals surface area contributed by atoms with E-state index in [-0.39, 0.29) is 0 Å². The first-order valence-corrected chi connectivity index (χ1v) is 8.51. The number of ether oxygens (including phenoxy) is 1. The number of halogens is 1. The standard InChI is InChI=1S/C16H26BrN3O/c1-12(2)18-9-14-8-15(17)10-19-16(14)20-6-4-13(5-7-20)11-21-3/h8,10,12-13,18H,4-7,9,11H2,1-3H3. The maximum atomic E-state index is 5.28. The van der Waals surface area contributed by atoms with Crippen molar-refractivity contribution in [3.63, 3.8) is 0 Å². The predicted molar refractivity (Wildman–Crippen MR) is 90.7 cm³/mol. The zero-order valence-electron chi connectivity index (χ0n) is 13.2. The summed E-state index contributed by atoms with van der Waals surface area (Å²) in [6, 6.07) is 2.66. The Hall–Kier alpha value is -0.650. The van der Waals surface area contributed by atoms with E-state index in [2.05, 4.69) is 51.0 Å². The van der Waals surface area contributed by atoms with E-state index in [4.69, 9.17) is 4.74 Å². The minimum absolute atomic E-state index is 0.476. The molecule has 1 N–H and O–H groups in total. The molecule has 0 amide bonds. The van der Waals surface area contributed by atoms with Gasteiger partial charge in [-0.15, -0.1) is 0 Å². The van der Waals surface area contributed by atoms with Crippen molar-refractivity contribution in [2.24, 2.45) is 5.92 Å². The number of rotatable bonds is 6. The van der Waals surface area contributed by atoms with Gasteiger partial charge in [-0.1, -0.05) is 13.8 Å². The lowest BCUT2D eigenvalue weighted by molar-refractivity contribution is 0.139. The van der Waals surface area contributed by atoms with Crippen LogP contribution in [0.1, 0.15) is 32.3 Å². The van der Waals surface area contributed by atoms with E-state index in [1.807, 2.05) is 6.20 Å². The van der Waals surface area contributed by atoms with Crippen LogP contribution in [0.3, 0.4) is 0 Å². The molecule has 5 heteroatoms. The van der Waals surface area contributed by atoms with Crippen molar-refractivity contribution < 1.29 is 4.74 Å². The molecule has 1 aromatic heterocycles. The number of anilines is 1. The highest BCUT2D eigenvalue weighted by atomic mass is 79.9. The van der Waals surface area contributed by atoms with Crippen LogP contribution in [0.5, 0.6) is 0 Å². The topological polar surface area (TPSA) is 37.4 Å². The van der Waals surface area contributed by atoms with Crippen LogP contribution in [0.2, 0.25) is 0 Å². The number of hydrogen-bond donors (Lipinski definition) is 1. The summed E-state index contributed by atoms with van der Waals surface area (Å²) in [5.41, 5.74) is 1.27. The van der Waals surface area contributed by atoms with Gasteiger partial charge in [0.15, 0.2) is 0 Å². The highest BCUT2D eigenvalue weighted by molar-refractivity contribution is 9.10. The molecular weight excluding hydrogens is 330 g/mol. The normalized spacial score (nSPS) is 16.7. The van der Waals surface area contributed by atoms with Crippen molar-refractivity contribution in [2.45, 2.75) is 39.3 Å².